The van der Waals surface area contributed by atoms with Gasteiger partial charge in [-0.2, -0.15) is 13.2 Å². The van der Waals surface area contributed by atoms with E-state index in [9.17, 15) is 13.2 Å². The van der Waals surface area contributed by atoms with Crippen LogP contribution in [-0.2, 0) is 6.18 Å². The maximum absolute atomic E-state index is 12.8. The normalized spacial score (nSPS) is 11.6. The van der Waals surface area contributed by atoms with Gasteiger partial charge in [-0.05, 0) is 32.0 Å². The van der Waals surface area contributed by atoms with E-state index in [0.29, 0.717) is 0 Å². The molecule has 1 aromatic carbocycles. The second-order valence-corrected chi connectivity index (χ2v) is 3.79. The molecule has 17 heavy (non-hydrogen) atoms. The molecule has 0 aliphatic carbocycles. The molecular formula is C11H13F3N2O. The molecule has 0 bridgehead atoms. The lowest BCUT2D eigenvalue weighted by atomic mass is 10.1. The lowest BCUT2D eigenvalue weighted by molar-refractivity contribution is -0.139. The number of nitrogens with one attached hydrogen (secondary N) is 1. The van der Waals surface area contributed by atoms with Crippen LogP contribution in [0.15, 0.2) is 18.2 Å². The van der Waals surface area contributed by atoms with Crippen molar-refractivity contribution in [2.24, 2.45) is 5.73 Å². The molecule has 0 atom stereocenters. The van der Waals surface area contributed by atoms with Crippen molar-refractivity contribution < 1.29 is 17.9 Å². The molecule has 0 aromatic heterocycles. The van der Waals surface area contributed by atoms with Crippen LogP contribution in [0.4, 0.5) is 13.2 Å². The molecule has 0 heterocycles. The number of alkyl halides is 3. The fourth-order valence-corrected chi connectivity index (χ4v) is 1.28. The van der Waals surface area contributed by atoms with E-state index in [1.54, 1.807) is 13.8 Å². The fourth-order valence-electron chi connectivity index (χ4n) is 1.28. The Bertz CT molecular complexity index is 427. The lowest BCUT2D eigenvalue weighted by Gasteiger charge is -2.17. The lowest BCUT2D eigenvalue weighted by Crippen LogP contribution is -2.16. The summed E-state index contributed by atoms with van der Waals surface area (Å²) in [5, 5.41) is 7.12. The van der Waals surface area contributed by atoms with E-state index in [-0.39, 0.29) is 17.4 Å². The molecule has 0 fully saturated rings. The Labute approximate surface area is 96.9 Å². The monoisotopic (exact) mass is 246 g/mol. The molecule has 3 nitrogen and oxygen atoms in total. The minimum absolute atomic E-state index is 0.0217. The number of rotatable bonds is 3. The standard InChI is InChI=1S/C11H13F3N2O/c1-6(2)17-9-4-3-7(10(15)16)5-8(9)11(12,13)14/h3-6H,1-2H3,(H3,15,16). The van der Waals surface area contributed by atoms with Crippen LogP contribution in [0, 0.1) is 5.41 Å². The third-order valence-corrected chi connectivity index (χ3v) is 1.96. The van der Waals surface area contributed by atoms with Crippen LogP contribution < -0.4 is 10.5 Å². The average molecular weight is 246 g/mol. The van der Waals surface area contributed by atoms with Crippen molar-refractivity contribution in [2.45, 2.75) is 26.1 Å². The van der Waals surface area contributed by atoms with E-state index >= 15 is 0 Å². The number of benzene rings is 1. The summed E-state index contributed by atoms with van der Waals surface area (Å²) in [6.45, 7) is 3.28. The summed E-state index contributed by atoms with van der Waals surface area (Å²) in [5.74, 6) is -0.663. The number of halogens is 3. The third kappa shape index (κ3) is 3.37. The van der Waals surface area contributed by atoms with Crippen LogP contribution in [0.5, 0.6) is 5.75 Å². The van der Waals surface area contributed by atoms with Crippen LogP contribution in [0.3, 0.4) is 0 Å². The van der Waals surface area contributed by atoms with Gasteiger partial charge >= 0.3 is 6.18 Å². The minimum Gasteiger partial charge on any atom is -0.490 e. The smallest absolute Gasteiger partial charge is 0.419 e. The van der Waals surface area contributed by atoms with Gasteiger partial charge in [0.05, 0.1) is 11.7 Å². The first kappa shape index (κ1) is 13.3. The van der Waals surface area contributed by atoms with Gasteiger partial charge in [0.2, 0.25) is 0 Å². The Hall–Kier alpha value is -1.72. The number of amidine groups is 1. The average Bonchev–Trinajstić information content (AvgIpc) is 2.15. The van der Waals surface area contributed by atoms with Gasteiger partial charge in [-0.25, -0.2) is 0 Å². The predicted octanol–water partition coefficient (Wildman–Crippen LogP) is 2.78. The van der Waals surface area contributed by atoms with Crippen LogP contribution >= 0.6 is 0 Å². The van der Waals surface area contributed by atoms with Gasteiger partial charge in [0.1, 0.15) is 11.6 Å². The van der Waals surface area contributed by atoms with Crippen molar-refractivity contribution in [3.05, 3.63) is 29.3 Å². The van der Waals surface area contributed by atoms with Crippen LogP contribution in [-0.4, -0.2) is 11.9 Å². The molecule has 0 aliphatic heterocycles. The van der Waals surface area contributed by atoms with E-state index in [1.165, 1.54) is 12.1 Å². The van der Waals surface area contributed by atoms with E-state index in [0.717, 1.165) is 6.07 Å². The second kappa shape index (κ2) is 4.65. The zero-order valence-corrected chi connectivity index (χ0v) is 9.43. The van der Waals surface area contributed by atoms with Crippen molar-refractivity contribution in [1.82, 2.24) is 0 Å². The van der Waals surface area contributed by atoms with E-state index in [2.05, 4.69) is 0 Å². The van der Waals surface area contributed by atoms with E-state index in [4.69, 9.17) is 15.9 Å². The van der Waals surface area contributed by atoms with Crippen molar-refractivity contribution in [1.29, 1.82) is 5.41 Å². The number of hydrogen-bond donors (Lipinski definition) is 2. The molecule has 0 saturated carbocycles. The number of nitrogen functional groups attached to an aromatic ring is 1. The molecular weight excluding hydrogens is 233 g/mol. The van der Waals surface area contributed by atoms with Crippen molar-refractivity contribution in [2.75, 3.05) is 0 Å². The Morgan fingerprint density at radius 3 is 2.35 bits per heavy atom. The van der Waals surface area contributed by atoms with Crippen LogP contribution in [0.25, 0.3) is 0 Å². The second-order valence-electron chi connectivity index (χ2n) is 3.79. The first-order chi connectivity index (χ1) is 7.71. The summed E-state index contributed by atoms with van der Waals surface area (Å²) < 4.78 is 43.3. The van der Waals surface area contributed by atoms with Crippen molar-refractivity contribution >= 4 is 5.84 Å². The Kier molecular flexibility index (Phi) is 3.65. The zero-order chi connectivity index (χ0) is 13.2. The molecule has 1 aromatic rings. The first-order valence-electron chi connectivity index (χ1n) is 4.94. The Morgan fingerprint density at radius 2 is 1.94 bits per heavy atom. The number of hydrogen-bond acceptors (Lipinski definition) is 2. The summed E-state index contributed by atoms with van der Waals surface area (Å²) in [7, 11) is 0. The quantitative estimate of drug-likeness (QED) is 0.636. The van der Waals surface area contributed by atoms with Crippen molar-refractivity contribution in [3.63, 3.8) is 0 Å². The first-order valence-corrected chi connectivity index (χ1v) is 4.94. The highest BCUT2D eigenvalue weighted by molar-refractivity contribution is 5.95. The van der Waals surface area contributed by atoms with Gasteiger partial charge in [0, 0.05) is 5.56 Å². The fraction of sp³-hybridized carbons (Fsp3) is 0.364. The molecule has 0 spiro atoms. The van der Waals surface area contributed by atoms with Gasteiger partial charge < -0.3 is 10.5 Å². The maximum atomic E-state index is 12.8. The minimum atomic E-state index is -4.53. The predicted molar refractivity (Wildman–Crippen MR) is 58.2 cm³/mol. The SMILES string of the molecule is CC(C)Oc1ccc(C(=N)N)cc1C(F)(F)F. The molecule has 0 saturated heterocycles. The third-order valence-electron chi connectivity index (χ3n) is 1.96. The van der Waals surface area contributed by atoms with Crippen LogP contribution in [0.1, 0.15) is 25.0 Å². The highest BCUT2D eigenvalue weighted by Crippen LogP contribution is 2.37. The van der Waals surface area contributed by atoms with E-state index in [1.807, 2.05) is 0 Å². The molecule has 0 unspecified atom stereocenters. The highest BCUT2D eigenvalue weighted by Gasteiger charge is 2.35. The summed E-state index contributed by atoms with van der Waals surface area (Å²) in [6, 6.07) is 3.33. The molecule has 0 radical (unpaired) electrons. The highest BCUT2D eigenvalue weighted by atomic mass is 19.4. The van der Waals surface area contributed by atoms with Gasteiger partial charge in [0.25, 0.3) is 0 Å². The van der Waals surface area contributed by atoms with Gasteiger partial charge in [0.15, 0.2) is 0 Å². The number of nitrogens with two attached hydrogens (primary N) is 1. The summed E-state index contributed by atoms with van der Waals surface area (Å²) in [4.78, 5) is 0. The van der Waals surface area contributed by atoms with Crippen molar-refractivity contribution in [3.8, 4) is 5.75 Å². The van der Waals surface area contributed by atoms with E-state index < -0.39 is 17.6 Å². The molecule has 6 heteroatoms. The van der Waals surface area contributed by atoms with Gasteiger partial charge in [-0.1, -0.05) is 0 Å². The summed E-state index contributed by atoms with van der Waals surface area (Å²) in [6.07, 6.45) is -4.89. The van der Waals surface area contributed by atoms with Crippen LogP contribution in [0.2, 0.25) is 0 Å². The number of ether oxygens (including phenoxy) is 1. The molecule has 1 rings (SSSR count). The zero-order valence-electron chi connectivity index (χ0n) is 9.43. The topological polar surface area (TPSA) is 59.1 Å². The molecule has 3 N–H and O–H groups in total. The van der Waals surface area contributed by atoms with Gasteiger partial charge in [-0.15, -0.1) is 0 Å². The Balaban J connectivity index is 3.27. The molecule has 0 amide bonds. The van der Waals surface area contributed by atoms with Gasteiger partial charge in [-0.3, -0.25) is 5.41 Å². The summed E-state index contributed by atoms with van der Waals surface area (Å²) >= 11 is 0. The molecule has 0 aliphatic rings. The Morgan fingerprint density at radius 1 is 1.35 bits per heavy atom. The maximum Gasteiger partial charge on any atom is 0.419 e. The summed E-state index contributed by atoms with van der Waals surface area (Å²) in [5.41, 5.74) is 4.26. The largest absolute Gasteiger partial charge is 0.490 e. The molecule has 94 valence electrons.